The molecular formula is C11H11F2O11S2-. The van der Waals surface area contributed by atoms with Crippen molar-refractivity contribution in [2.24, 2.45) is 5.92 Å². The van der Waals surface area contributed by atoms with E-state index < -0.39 is 82.0 Å². The number of carbonyl (C=O) groups is 2. The van der Waals surface area contributed by atoms with Crippen molar-refractivity contribution >= 4 is 34.1 Å². The van der Waals surface area contributed by atoms with Crippen molar-refractivity contribution in [1.29, 1.82) is 0 Å². The lowest BCUT2D eigenvalue weighted by Gasteiger charge is -2.20. The minimum absolute atomic E-state index is 0.223. The van der Waals surface area contributed by atoms with Gasteiger partial charge >= 0.3 is 17.2 Å². The third-order valence-corrected chi connectivity index (χ3v) is 6.31. The van der Waals surface area contributed by atoms with Crippen LogP contribution in [0.4, 0.5) is 8.78 Å². The van der Waals surface area contributed by atoms with Crippen LogP contribution in [-0.2, 0) is 47.5 Å². The van der Waals surface area contributed by atoms with E-state index >= 15 is 0 Å². The summed E-state index contributed by atoms with van der Waals surface area (Å²) in [6, 6.07) is 0. The van der Waals surface area contributed by atoms with Crippen LogP contribution in [0.15, 0.2) is 0 Å². The zero-order valence-electron chi connectivity index (χ0n) is 12.6. The largest absolute Gasteiger partial charge is 0.691 e. The van der Waals surface area contributed by atoms with Crippen LogP contribution in [-0.4, -0.2) is 62.4 Å². The molecule has 11 nitrogen and oxygen atoms in total. The van der Waals surface area contributed by atoms with E-state index in [9.17, 15) is 32.0 Å². The Morgan fingerprint density at radius 1 is 1.23 bits per heavy atom. The molecule has 2 bridgehead atoms. The fourth-order valence-electron chi connectivity index (χ4n) is 3.15. The smallest absolute Gasteiger partial charge is 0.415 e. The van der Waals surface area contributed by atoms with Crippen LogP contribution >= 0.6 is 12.0 Å². The summed E-state index contributed by atoms with van der Waals surface area (Å²) in [6.07, 6.45) is -1.80. The maximum Gasteiger partial charge on any atom is 0.415 e. The van der Waals surface area contributed by atoms with Gasteiger partial charge in [-0.05, 0) is 0 Å². The first-order valence-corrected chi connectivity index (χ1v) is 9.32. The van der Waals surface area contributed by atoms with Gasteiger partial charge in [-0.25, -0.2) is 4.79 Å². The minimum Gasteiger partial charge on any atom is -0.691 e. The molecule has 3 fully saturated rings. The number of hydrogen-bond donors (Lipinski definition) is 0. The summed E-state index contributed by atoms with van der Waals surface area (Å²) in [7, 11) is -3.96. The minimum atomic E-state index is -4.21. The highest BCUT2D eigenvalue weighted by molar-refractivity contribution is 7.96. The van der Waals surface area contributed by atoms with Gasteiger partial charge in [0.1, 0.15) is 48.6 Å². The number of halogens is 2. The van der Waals surface area contributed by atoms with Gasteiger partial charge in [0, 0.05) is 6.42 Å². The Hall–Kier alpha value is -1.10. The monoisotopic (exact) mass is 421 g/mol. The lowest BCUT2D eigenvalue weighted by Crippen LogP contribution is -2.41. The SMILES string of the molecule is O=C(OCCOC(=O)C(F)(F)SOO[O-])C1C2CC3OS(=O)(=O)C1C3O2. The number of ether oxygens (including phenoxy) is 3. The van der Waals surface area contributed by atoms with Gasteiger partial charge in [-0.15, -0.1) is 0 Å². The van der Waals surface area contributed by atoms with E-state index in [0.29, 0.717) is 0 Å². The van der Waals surface area contributed by atoms with E-state index in [4.69, 9.17) is 13.7 Å². The van der Waals surface area contributed by atoms with Crippen LogP contribution in [0, 0.1) is 5.92 Å². The van der Waals surface area contributed by atoms with E-state index in [0.717, 1.165) is 0 Å². The molecule has 0 radical (unpaired) electrons. The van der Waals surface area contributed by atoms with Gasteiger partial charge in [-0.1, -0.05) is 0 Å². The summed E-state index contributed by atoms with van der Waals surface area (Å²) in [5.41, 5.74) is 0. The lowest BCUT2D eigenvalue weighted by atomic mass is 9.87. The van der Waals surface area contributed by atoms with Gasteiger partial charge < -0.3 is 19.5 Å². The van der Waals surface area contributed by atoms with Crippen LogP contribution in [0.5, 0.6) is 0 Å². The molecule has 0 aromatic heterocycles. The molecule has 0 saturated carbocycles. The second-order valence-corrected chi connectivity index (χ2v) is 8.07. The van der Waals surface area contributed by atoms with Crippen LogP contribution in [0.1, 0.15) is 6.42 Å². The Bertz CT molecular complexity index is 682. The highest BCUT2D eigenvalue weighted by Crippen LogP contribution is 2.50. The van der Waals surface area contributed by atoms with Crippen molar-refractivity contribution in [2.45, 2.75) is 35.2 Å². The Balaban J connectivity index is 1.46. The highest BCUT2D eigenvalue weighted by Gasteiger charge is 2.68. The number of esters is 2. The highest BCUT2D eigenvalue weighted by atomic mass is 32.2. The van der Waals surface area contributed by atoms with Gasteiger partial charge in [0.2, 0.25) is 0 Å². The first kappa shape index (κ1) is 19.7. The first-order valence-electron chi connectivity index (χ1n) is 7.11. The molecule has 148 valence electrons. The number of fused-ring (bicyclic) bond motifs is 1. The Morgan fingerprint density at radius 3 is 2.62 bits per heavy atom. The number of alkyl halides is 2. The molecule has 0 amide bonds. The van der Waals surface area contributed by atoms with Crippen LogP contribution in [0.3, 0.4) is 0 Å². The van der Waals surface area contributed by atoms with E-state index in [2.05, 4.69) is 14.1 Å². The quantitative estimate of drug-likeness (QED) is 0.111. The van der Waals surface area contributed by atoms with Crippen molar-refractivity contribution in [1.82, 2.24) is 0 Å². The maximum atomic E-state index is 13.1. The zero-order chi connectivity index (χ0) is 19.1. The molecule has 3 aliphatic rings. The molecule has 0 aromatic rings. The second-order valence-electron chi connectivity index (χ2n) is 5.53. The molecule has 3 aliphatic heterocycles. The van der Waals surface area contributed by atoms with Gasteiger partial charge in [0.25, 0.3) is 10.1 Å². The zero-order valence-corrected chi connectivity index (χ0v) is 14.2. The molecule has 0 aromatic carbocycles. The molecule has 0 aliphatic carbocycles. The number of hydrogen-bond acceptors (Lipinski definition) is 12. The van der Waals surface area contributed by atoms with Gasteiger partial charge in [0.15, 0.2) is 0 Å². The number of rotatable bonds is 8. The third kappa shape index (κ3) is 3.51. The molecule has 3 rings (SSSR count). The van der Waals surface area contributed by atoms with Gasteiger partial charge in [-0.3, -0.25) is 14.0 Å². The van der Waals surface area contributed by atoms with E-state index in [-0.39, 0.29) is 6.42 Å². The molecule has 0 N–H and O–H groups in total. The Morgan fingerprint density at radius 2 is 1.92 bits per heavy atom. The van der Waals surface area contributed by atoms with Crippen molar-refractivity contribution in [3.8, 4) is 0 Å². The molecule has 0 spiro atoms. The fraction of sp³-hybridized carbons (Fsp3) is 0.818. The second kappa shape index (κ2) is 7.14. The summed E-state index contributed by atoms with van der Waals surface area (Å²) in [5, 5.41) is 6.77. The normalized spacial score (nSPS) is 34.0. The molecule has 15 heteroatoms. The van der Waals surface area contributed by atoms with Crippen molar-refractivity contribution in [2.75, 3.05) is 13.2 Å². The average molecular weight is 421 g/mol. The van der Waals surface area contributed by atoms with Crippen LogP contribution in [0.2, 0.25) is 0 Å². The Labute approximate surface area is 149 Å². The third-order valence-electron chi connectivity index (χ3n) is 4.07. The number of carbonyl (C=O) groups excluding carboxylic acids is 2. The topological polar surface area (TPSA) is 147 Å². The standard InChI is InChI=1S/C11H12F2O11S2/c12-11(13,25-24-23-16)10(15)20-2-1-19-9(14)6-4-3-5-7(21-4)8(6)26(17,18)22-5/h4-8,16H,1-3H2/p-1. The van der Waals surface area contributed by atoms with Gasteiger partial charge in [-0.2, -0.15) is 21.5 Å². The van der Waals surface area contributed by atoms with E-state index in [1.54, 1.807) is 0 Å². The van der Waals surface area contributed by atoms with Crippen molar-refractivity contribution in [3.63, 3.8) is 0 Å². The van der Waals surface area contributed by atoms with Gasteiger partial charge in [0.05, 0.1) is 6.10 Å². The summed E-state index contributed by atoms with van der Waals surface area (Å²) < 4.78 is 72.5. The summed E-state index contributed by atoms with van der Waals surface area (Å²) >= 11 is -0.860. The van der Waals surface area contributed by atoms with Crippen LogP contribution in [0.25, 0.3) is 0 Å². The summed E-state index contributed by atoms with van der Waals surface area (Å²) in [6.45, 7) is -1.31. The molecule has 3 heterocycles. The van der Waals surface area contributed by atoms with E-state index in [1.807, 2.05) is 0 Å². The Kier molecular flexibility index (Phi) is 5.40. The first-order chi connectivity index (χ1) is 12.2. The average Bonchev–Trinajstić information content (AvgIpc) is 3.17. The predicted molar refractivity (Wildman–Crippen MR) is 71.0 cm³/mol. The van der Waals surface area contributed by atoms with Crippen molar-refractivity contribution < 1.29 is 59.8 Å². The molecule has 26 heavy (non-hydrogen) atoms. The lowest BCUT2D eigenvalue weighted by molar-refractivity contribution is -0.777. The summed E-state index contributed by atoms with van der Waals surface area (Å²) in [4.78, 5) is 23.2. The molecular weight excluding hydrogens is 410 g/mol. The maximum absolute atomic E-state index is 13.1. The predicted octanol–water partition coefficient (Wildman–Crippen LogP) is -1.58. The fourth-order valence-corrected chi connectivity index (χ4v) is 5.27. The molecule has 5 unspecified atom stereocenters. The van der Waals surface area contributed by atoms with E-state index in [1.165, 1.54) is 0 Å². The summed E-state index contributed by atoms with van der Waals surface area (Å²) in [5.74, 6) is -4.07. The van der Waals surface area contributed by atoms with Crippen LogP contribution < -0.4 is 5.26 Å². The molecule has 3 saturated heterocycles. The molecule has 5 atom stereocenters. The van der Waals surface area contributed by atoms with Crippen molar-refractivity contribution in [3.05, 3.63) is 0 Å².